The molecule has 0 unspecified atom stereocenters. The minimum absolute atomic E-state index is 0.489. The predicted octanol–water partition coefficient (Wildman–Crippen LogP) is 3.32. The molecule has 0 aliphatic rings. The Morgan fingerprint density at radius 3 is 2.52 bits per heavy atom. The van der Waals surface area contributed by atoms with E-state index in [0.29, 0.717) is 17.3 Å². The number of hydrogen-bond donors (Lipinski definition) is 1. The number of nitrogens with two attached hydrogens (primary N) is 1. The van der Waals surface area contributed by atoms with Crippen molar-refractivity contribution in [1.29, 1.82) is 0 Å². The van der Waals surface area contributed by atoms with Crippen molar-refractivity contribution in [3.8, 4) is 17.4 Å². The van der Waals surface area contributed by atoms with Crippen molar-refractivity contribution >= 4 is 16.6 Å². The van der Waals surface area contributed by atoms with Crippen LogP contribution in [0.2, 0.25) is 0 Å². The highest BCUT2D eigenvalue weighted by molar-refractivity contribution is 5.85. The van der Waals surface area contributed by atoms with E-state index in [9.17, 15) is 0 Å². The molecule has 0 radical (unpaired) electrons. The Morgan fingerprint density at radius 1 is 1.05 bits per heavy atom. The lowest BCUT2D eigenvalue weighted by Crippen LogP contribution is -1.94. The Morgan fingerprint density at radius 2 is 1.81 bits per heavy atom. The first-order valence-corrected chi connectivity index (χ1v) is 6.50. The molecule has 3 rings (SSSR count). The highest BCUT2D eigenvalue weighted by Gasteiger charge is 2.10. The van der Waals surface area contributed by atoms with Gasteiger partial charge in [0.25, 0.3) is 0 Å². The predicted molar refractivity (Wildman–Crippen MR) is 81.8 cm³/mol. The summed E-state index contributed by atoms with van der Waals surface area (Å²) in [6, 6.07) is 11.0. The fourth-order valence-electron chi connectivity index (χ4n) is 2.11. The van der Waals surface area contributed by atoms with Crippen molar-refractivity contribution in [3.05, 3.63) is 48.3 Å². The van der Waals surface area contributed by atoms with Crippen molar-refractivity contribution in [3.63, 3.8) is 0 Å². The number of aryl methyl sites for hydroxylation is 1. The van der Waals surface area contributed by atoms with E-state index in [4.69, 9.17) is 15.2 Å². The molecule has 106 valence electrons. The van der Waals surface area contributed by atoms with Crippen LogP contribution >= 0.6 is 0 Å². The SMILES string of the molecule is COc1cc2c(Oc3ccc(N)cc3)ncnc2cc1C. The quantitative estimate of drug-likeness (QED) is 0.746. The van der Waals surface area contributed by atoms with Gasteiger partial charge in [-0.05, 0) is 48.9 Å². The molecule has 0 bridgehead atoms. The molecule has 21 heavy (non-hydrogen) atoms. The van der Waals surface area contributed by atoms with Gasteiger partial charge in [-0.1, -0.05) is 0 Å². The zero-order valence-corrected chi connectivity index (χ0v) is 11.8. The largest absolute Gasteiger partial charge is 0.496 e. The molecule has 3 aromatic rings. The number of anilines is 1. The smallest absolute Gasteiger partial charge is 0.230 e. The van der Waals surface area contributed by atoms with Crippen LogP contribution in [0.3, 0.4) is 0 Å². The maximum Gasteiger partial charge on any atom is 0.230 e. The molecule has 0 fully saturated rings. The average molecular weight is 281 g/mol. The normalized spacial score (nSPS) is 10.6. The average Bonchev–Trinajstić information content (AvgIpc) is 2.49. The van der Waals surface area contributed by atoms with Crippen LogP contribution in [0.4, 0.5) is 5.69 Å². The van der Waals surface area contributed by atoms with Gasteiger partial charge in [-0.15, -0.1) is 0 Å². The van der Waals surface area contributed by atoms with Crippen LogP contribution in [0.15, 0.2) is 42.7 Å². The number of aromatic nitrogens is 2. The first-order chi connectivity index (χ1) is 10.2. The molecule has 0 aliphatic carbocycles. The lowest BCUT2D eigenvalue weighted by molar-refractivity contribution is 0.412. The summed E-state index contributed by atoms with van der Waals surface area (Å²) in [5.74, 6) is 1.94. The highest BCUT2D eigenvalue weighted by Crippen LogP contribution is 2.31. The fourth-order valence-corrected chi connectivity index (χ4v) is 2.11. The second kappa shape index (κ2) is 5.28. The van der Waals surface area contributed by atoms with Crippen molar-refractivity contribution in [2.75, 3.05) is 12.8 Å². The zero-order valence-electron chi connectivity index (χ0n) is 11.8. The van der Waals surface area contributed by atoms with Crippen LogP contribution in [0.5, 0.6) is 17.4 Å². The van der Waals surface area contributed by atoms with Gasteiger partial charge in [0.15, 0.2) is 0 Å². The van der Waals surface area contributed by atoms with E-state index in [1.807, 2.05) is 19.1 Å². The molecule has 0 atom stereocenters. The van der Waals surface area contributed by atoms with Crippen LogP contribution < -0.4 is 15.2 Å². The lowest BCUT2D eigenvalue weighted by atomic mass is 10.1. The molecular weight excluding hydrogens is 266 g/mol. The molecule has 2 aromatic carbocycles. The van der Waals surface area contributed by atoms with Crippen LogP contribution in [0.25, 0.3) is 10.9 Å². The monoisotopic (exact) mass is 281 g/mol. The van der Waals surface area contributed by atoms with Gasteiger partial charge in [0.2, 0.25) is 5.88 Å². The van der Waals surface area contributed by atoms with E-state index in [2.05, 4.69) is 9.97 Å². The topological polar surface area (TPSA) is 70.3 Å². The van der Waals surface area contributed by atoms with Crippen molar-refractivity contribution in [1.82, 2.24) is 9.97 Å². The van der Waals surface area contributed by atoms with Gasteiger partial charge in [0.05, 0.1) is 18.0 Å². The Hall–Kier alpha value is -2.82. The van der Waals surface area contributed by atoms with Gasteiger partial charge in [-0.3, -0.25) is 0 Å². The number of methoxy groups -OCH3 is 1. The third-order valence-electron chi connectivity index (χ3n) is 3.21. The summed E-state index contributed by atoms with van der Waals surface area (Å²) >= 11 is 0. The molecule has 5 heteroatoms. The summed E-state index contributed by atoms with van der Waals surface area (Å²) in [4.78, 5) is 8.48. The minimum atomic E-state index is 0.489. The van der Waals surface area contributed by atoms with Crippen LogP contribution in [0, 0.1) is 6.92 Å². The maximum atomic E-state index is 5.82. The van der Waals surface area contributed by atoms with Gasteiger partial charge in [0, 0.05) is 5.69 Å². The van der Waals surface area contributed by atoms with Crippen LogP contribution in [-0.2, 0) is 0 Å². The molecular formula is C16H15N3O2. The number of ether oxygens (including phenoxy) is 2. The Labute approximate surface area is 122 Å². The van der Waals surface area contributed by atoms with E-state index >= 15 is 0 Å². The molecule has 0 amide bonds. The molecule has 2 N–H and O–H groups in total. The number of rotatable bonds is 3. The standard InChI is InChI=1S/C16H15N3O2/c1-10-7-14-13(8-15(10)20-2)16(19-9-18-14)21-12-5-3-11(17)4-6-12/h3-9H,17H2,1-2H3. The number of fused-ring (bicyclic) bond motifs is 1. The second-order valence-electron chi connectivity index (χ2n) is 4.69. The third kappa shape index (κ3) is 2.58. The number of benzene rings is 2. The number of hydrogen-bond acceptors (Lipinski definition) is 5. The summed E-state index contributed by atoms with van der Waals surface area (Å²) < 4.78 is 11.2. The Bertz CT molecular complexity index is 785. The molecule has 0 saturated carbocycles. The summed E-state index contributed by atoms with van der Waals surface area (Å²) in [6.07, 6.45) is 1.49. The van der Waals surface area contributed by atoms with Crippen LogP contribution in [-0.4, -0.2) is 17.1 Å². The maximum absolute atomic E-state index is 5.82. The molecule has 1 heterocycles. The van der Waals surface area contributed by atoms with Gasteiger partial charge in [-0.25, -0.2) is 9.97 Å². The fraction of sp³-hybridized carbons (Fsp3) is 0.125. The third-order valence-corrected chi connectivity index (χ3v) is 3.21. The molecule has 5 nitrogen and oxygen atoms in total. The summed E-state index contributed by atoms with van der Waals surface area (Å²) in [5.41, 5.74) is 8.18. The summed E-state index contributed by atoms with van der Waals surface area (Å²) in [7, 11) is 1.64. The van der Waals surface area contributed by atoms with Gasteiger partial charge >= 0.3 is 0 Å². The first-order valence-electron chi connectivity index (χ1n) is 6.50. The van der Waals surface area contributed by atoms with Crippen molar-refractivity contribution in [2.45, 2.75) is 6.92 Å². The minimum Gasteiger partial charge on any atom is -0.496 e. The van der Waals surface area contributed by atoms with E-state index in [-0.39, 0.29) is 0 Å². The molecule has 0 saturated heterocycles. The molecule has 1 aromatic heterocycles. The Kier molecular flexibility index (Phi) is 3.31. The molecule has 0 spiro atoms. The summed E-state index contributed by atoms with van der Waals surface area (Å²) in [5, 5.41) is 0.803. The van der Waals surface area contributed by atoms with Crippen LogP contribution in [0.1, 0.15) is 5.56 Å². The summed E-state index contributed by atoms with van der Waals surface area (Å²) in [6.45, 7) is 1.97. The first kappa shape index (κ1) is 13.2. The van der Waals surface area contributed by atoms with E-state index in [1.165, 1.54) is 6.33 Å². The Balaban J connectivity index is 2.07. The second-order valence-corrected chi connectivity index (χ2v) is 4.69. The van der Waals surface area contributed by atoms with Gasteiger partial charge in [-0.2, -0.15) is 0 Å². The van der Waals surface area contributed by atoms with E-state index in [1.54, 1.807) is 31.4 Å². The zero-order chi connectivity index (χ0) is 14.8. The van der Waals surface area contributed by atoms with Gasteiger partial charge in [0.1, 0.15) is 17.8 Å². The highest BCUT2D eigenvalue weighted by atomic mass is 16.5. The van der Waals surface area contributed by atoms with E-state index < -0.39 is 0 Å². The van der Waals surface area contributed by atoms with Crippen molar-refractivity contribution in [2.24, 2.45) is 0 Å². The van der Waals surface area contributed by atoms with Gasteiger partial charge < -0.3 is 15.2 Å². The molecule has 0 aliphatic heterocycles. The number of nitrogen functional groups attached to an aromatic ring is 1. The van der Waals surface area contributed by atoms with Crippen molar-refractivity contribution < 1.29 is 9.47 Å². The lowest BCUT2D eigenvalue weighted by Gasteiger charge is -2.10. The number of nitrogens with zero attached hydrogens (tertiary/aromatic N) is 2. The van der Waals surface area contributed by atoms with E-state index in [0.717, 1.165) is 22.2 Å².